The first-order valence-electron chi connectivity index (χ1n) is 5.30. The smallest absolute Gasteiger partial charge is 0.333 e. The van der Waals surface area contributed by atoms with Gasteiger partial charge in [0, 0.05) is 5.57 Å². The first-order valence-corrected chi connectivity index (χ1v) is 5.30. The second kappa shape index (κ2) is 3.07. The van der Waals surface area contributed by atoms with Crippen LogP contribution in [-0.2, 0) is 23.8 Å². The molecule has 3 aliphatic rings. The summed E-state index contributed by atoms with van der Waals surface area (Å²) in [5, 5.41) is 0. The lowest BCUT2D eigenvalue weighted by atomic mass is 9.88. The molecule has 0 amide bonds. The fourth-order valence-electron chi connectivity index (χ4n) is 2.61. The SMILES string of the molecule is C=C(C)C(=O)OC1C2C[C@@H]3C(=O)OC1C3O2. The number of fused-ring (bicyclic) bond motifs is 1. The third kappa shape index (κ3) is 1.15. The third-order valence-electron chi connectivity index (χ3n) is 3.38. The largest absolute Gasteiger partial charge is 0.455 e. The molecule has 5 heteroatoms. The Balaban J connectivity index is 1.77. The van der Waals surface area contributed by atoms with E-state index >= 15 is 0 Å². The molecular weight excluding hydrogens is 212 g/mol. The van der Waals surface area contributed by atoms with E-state index in [1.54, 1.807) is 6.92 Å². The first-order chi connectivity index (χ1) is 7.58. The van der Waals surface area contributed by atoms with Gasteiger partial charge in [-0.1, -0.05) is 6.58 Å². The van der Waals surface area contributed by atoms with Crippen molar-refractivity contribution in [2.75, 3.05) is 0 Å². The molecule has 0 radical (unpaired) electrons. The molecule has 5 atom stereocenters. The predicted octanol–water partition coefficient (Wildman–Crippen LogP) is 0.187. The fourth-order valence-corrected chi connectivity index (χ4v) is 2.61. The van der Waals surface area contributed by atoms with Crippen LogP contribution in [0.15, 0.2) is 12.2 Å². The monoisotopic (exact) mass is 224 g/mol. The Morgan fingerprint density at radius 3 is 2.94 bits per heavy atom. The van der Waals surface area contributed by atoms with Crippen molar-refractivity contribution >= 4 is 11.9 Å². The number of carbonyl (C=O) groups is 2. The molecule has 0 aromatic heterocycles. The Morgan fingerprint density at radius 1 is 1.50 bits per heavy atom. The second-order valence-corrected chi connectivity index (χ2v) is 4.53. The standard InChI is InChI=1S/C11H12O5/c1-4(2)10(12)15-8-6-3-5-7(14-6)9(8)16-11(5)13/h5-9H,1,3H2,2H3/t5-,6?,7?,8?,9?/m0/s1. The molecule has 3 heterocycles. The molecule has 3 fully saturated rings. The molecule has 0 aliphatic carbocycles. The minimum atomic E-state index is -0.461. The Labute approximate surface area is 92.3 Å². The van der Waals surface area contributed by atoms with E-state index in [0.717, 1.165) is 0 Å². The summed E-state index contributed by atoms with van der Waals surface area (Å²) in [5.74, 6) is -0.846. The lowest BCUT2D eigenvalue weighted by Gasteiger charge is -2.22. The van der Waals surface area contributed by atoms with Crippen molar-refractivity contribution in [3.63, 3.8) is 0 Å². The van der Waals surface area contributed by atoms with E-state index in [-0.39, 0.29) is 24.1 Å². The van der Waals surface area contributed by atoms with Crippen LogP contribution in [0.4, 0.5) is 0 Å². The maximum atomic E-state index is 11.4. The maximum absolute atomic E-state index is 11.4. The van der Waals surface area contributed by atoms with Crippen molar-refractivity contribution in [2.45, 2.75) is 37.8 Å². The van der Waals surface area contributed by atoms with Crippen LogP contribution in [0, 0.1) is 5.92 Å². The summed E-state index contributed by atoms with van der Waals surface area (Å²) >= 11 is 0. The zero-order valence-electron chi connectivity index (χ0n) is 8.84. The van der Waals surface area contributed by atoms with Crippen LogP contribution in [0.5, 0.6) is 0 Å². The summed E-state index contributed by atoms with van der Waals surface area (Å²) in [6, 6.07) is 0. The van der Waals surface area contributed by atoms with Gasteiger partial charge < -0.3 is 14.2 Å². The van der Waals surface area contributed by atoms with Gasteiger partial charge in [-0.05, 0) is 13.3 Å². The average Bonchev–Trinajstić information content (AvgIpc) is 2.81. The zero-order chi connectivity index (χ0) is 11.4. The highest BCUT2D eigenvalue weighted by Crippen LogP contribution is 2.47. The van der Waals surface area contributed by atoms with Crippen LogP contribution < -0.4 is 0 Å². The summed E-state index contributed by atoms with van der Waals surface area (Å²) < 4.78 is 16.0. The van der Waals surface area contributed by atoms with Crippen LogP contribution in [0.25, 0.3) is 0 Å². The molecular formula is C11H12O5. The maximum Gasteiger partial charge on any atom is 0.333 e. The predicted molar refractivity (Wildman–Crippen MR) is 51.3 cm³/mol. The van der Waals surface area contributed by atoms with Gasteiger partial charge in [0.1, 0.15) is 6.10 Å². The summed E-state index contributed by atoms with van der Waals surface area (Å²) in [4.78, 5) is 22.8. The number of esters is 2. The van der Waals surface area contributed by atoms with Gasteiger partial charge in [-0.3, -0.25) is 4.79 Å². The van der Waals surface area contributed by atoms with Crippen LogP contribution in [0.3, 0.4) is 0 Å². The van der Waals surface area contributed by atoms with E-state index in [9.17, 15) is 9.59 Å². The summed E-state index contributed by atoms with van der Waals surface area (Å²) in [6.07, 6.45) is -0.708. The molecule has 86 valence electrons. The molecule has 0 aromatic rings. The highest BCUT2D eigenvalue weighted by Gasteiger charge is 2.65. The van der Waals surface area contributed by atoms with Gasteiger partial charge in [-0.15, -0.1) is 0 Å². The lowest BCUT2D eigenvalue weighted by Crippen LogP contribution is -2.40. The molecule has 4 unspecified atom stereocenters. The Kier molecular flexibility index (Phi) is 1.89. The van der Waals surface area contributed by atoms with Crippen molar-refractivity contribution in [3.8, 4) is 0 Å². The van der Waals surface area contributed by atoms with Gasteiger partial charge in [-0.25, -0.2) is 4.79 Å². The highest BCUT2D eigenvalue weighted by atomic mass is 16.7. The van der Waals surface area contributed by atoms with E-state index < -0.39 is 18.2 Å². The van der Waals surface area contributed by atoms with Crippen molar-refractivity contribution in [3.05, 3.63) is 12.2 Å². The van der Waals surface area contributed by atoms with Crippen molar-refractivity contribution < 1.29 is 23.8 Å². The number of hydrogen-bond donors (Lipinski definition) is 0. The molecule has 0 aromatic carbocycles. The average molecular weight is 224 g/mol. The van der Waals surface area contributed by atoms with Gasteiger partial charge in [-0.2, -0.15) is 0 Å². The van der Waals surface area contributed by atoms with Gasteiger partial charge in [0.05, 0.1) is 12.0 Å². The van der Waals surface area contributed by atoms with Crippen LogP contribution >= 0.6 is 0 Å². The van der Waals surface area contributed by atoms with E-state index in [1.165, 1.54) is 0 Å². The minimum Gasteiger partial charge on any atom is -0.455 e. The van der Waals surface area contributed by atoms with E-state index in [4.69, 9.17) is 14.2 Å². The Hall–Kier alpha value is -1.36. The normalized spacial score (nSPS) is 43.3. The summed E-state index contributed by atoms with van der Waals surface area (Å²) in [7, 11) is 0. The number of rotatable bonds is 2. The first kappa shape index (κ1) is 9.84. The van der Waals surface area contributed by atoms with E-state index in [0.29, 0.717) is 12.0 Å². The van der Waals surface area contributed by atoms with Crippen molar-refractivity contribution in [1.29, 1.82) is 0 Å². The van der Waals surface area contributed by atoms with Gasteiger partial charge in [0.25, 0.3) is 0 Å². The molecule has 2 bridgehead atoms. The highest BCUT2D eigenvalue weighted by molar-refractivity contribution is 5.87. The quantitative estimate of drug-likeness (QED) is 0.495. The third-order valence-corrected chi connectivity index (χ3v) is 3.38. The second-order valence-electron chi connectivity index (χ2n) is 4.53. The topological polar surface area (TPSA) is 61.8 Å². The molecule has 3 rings (SSSR count). The number of ether oxygens (including phenoxy) is 3. The molecule has 0 saturated carbocycles. The molecule has 3 aliphatic heterocycles. The zero-order valence-corrected chi connectivity index (χ0v) is 8.84. The number of hydrogen-bond acceptors (Lipinski definition) is 5. The van der Waals surface area contributed by atoms with Gasteiger partial charge >= 0.3 is 11.9 Å². The summed E-state index contributed by atoms with van der Waals surface area (Å²) in [5.41, 5.74) is 0.337. The molecule has 16 heavy (non-hydrogen) atoms. The molecule has 3 saturated heterocycles. The molecule has 5 nitrogen and oxygen atoms in total. The van der Waals surface area contributed by atoms with Crippen molar-refractivity contribution in [1.82, 2.24) is 0 Å². The number of carbonyl (C=O) groups excluding carboxylic acids is 2. The Bertz CT molecular complexity index is 388. The van der Waals surface area contributed by atoms with E-state index in [1.807, 2.05) is 0 Å². The van der Waals surface area contributed by atoms with Crippen LogP contribution in [0.2, 0.25) is 0 Å². The van der Waals surface area contributed by atoms with Crippen LogP contribution in [0.1, 0.15) is 13.3 Å². The minimum absolute atomic E-state index is 0.158. The lowest BCUT2D eigenvalue weighted by molar-refractivity contribution is -0.157. The molecule has 0 N–H and O–H groups in total. The van der Waals surface area contributed by atoms with Gasteiger partial charge in [0.15, 0.2) is 12.2 Å². The van der Waals surface area contributed by atoms with Crippen LogP contribution in [-0.4, -0.2) is 36.4 Å². The molecule has 0 spiro atoms. The Morgan fingerprint density at radius 2 is 2.25 bits per heavy atom. The van der Waals surface area contributed by atoms with Gasteiger partial charge in [0.2, 0.25) is 0 Å². The van der Waals surface area contributed by atoms with Crippen molar-refractivity contribution in [2.24, 2.45) is 5.92 Å². The summed E-state index contributed by atoms with van der Waals surface area (Å²) in [6.45, 7) is 5.10. The fraction of sp³-hybridized carbons (Fsp3) is 0.636. The van der Waals surface area contributed by atoms with E-state index in [2.05, 4.69) is 6.58 Å².